The topological polar surface area (TPSA) is 93.8 Å². The molecule has 0 radical (unpaired) electrons. The van der Waals surface area contributed by atoms with Crippen LogP contribution in [0.1, 0.15) is 19.3 Å². The highest BCUT2D eigenvalue weighted by Gasteiger charge is 2.45. The predicted molar refractivity (Wildman–Crippen MR) is 70.0 cm³/mol. The minimum Gasteiger partial charge on any atom is -0.481 e. The Morgan fingerprint density at radius 2 is 2.30 bits per heavy atom. The summed E-state index contributed by atoms with van der Waals surface area (Å²) in [5, 5.41) is 21.3. The SMILES string of the molecule is O=C(O)C1(Cn2nnnc2-c2ccncc2Cl)CCC1. The smallest absolute Gasteiger partial charge is 0.311 e. The first-order valence-electron chi connectivity index (χ1n) is 6.22. The molecule has 2 aromatic rings. The summed E-state index contributed by atoms with van der Waals surface area (Å²) < 4.78 is 1.51. The summed E-state index contributed by atoms with van der Waals surface area (Å²) in [6.45, 7) is 0.253. The molecule has 0 bridgehead atoms. The van der Waals surface area contributed by atoms with Crippen molar-refractivity contribution in [3.8, 4) is 11.4 Å². The van der Waals surface area contributed by atoms with Crippen LogP contribution >= 0.6 is 11.6 Å². The van der Waals surface area contributed by atoms with Crippen molar-refractivity contribution in [2.24, 2.45) is 5.41 Å². The van der Waals surface area contributed by atoms with Gasteiger partial charge in [0.1, 0.15) is 0 Å². The Kier molecular flexibility index (Phi) is 3.13. The molecule has 0 unspecified atom stereocenters. The Hall–Kier alpha value is -2.02. The summed E-state index contributed by atoms with van der Waals surface area (Å²) in [4.78, 5) is 15.3. The molecule has 0 aromatic carbocycles. The van der Waals surface area contributed by atoms with E-state index in [0.717, 1.165) is 6.42 Å². The second-order valence-electron chi connectivity index (χ2n) is 4.95. The maximum atomic E-state index is 11.4. The van der Waals surface area contributed by atoms with Crippen LogP contribution in [0.2, 0.25) is 5.02 Å². The summed E-state index contributed by atoms with van der Waals surface area (Å²) in [7, 11) is 0. The number of tetrazole rings is 1. The van der Waals surface area contributed by atoms with Crippen molar-refractivity contribution in [2.75, 3.05) is 0 Å². The maximum absolute atomic E-state index is 11.4. The molecule has 2 aromatic heterocycles. The van der Waals surface area contributed by atoms with Gasteiger partial charge in [-0.25, -0.2) is 4.68 Å². The van der Waals surface area contributed by atoms with Crippen molar-refractivity contribution < 1.29 is 9.90 Å². The second-order valence-corrected chi connectivity index (χ2v) is 5.36. The lowest BCUT2D eigenvalue weighted by Gasteiger charge is -2.37. The number of rotatable bonds is 4. The molecule has 1 saturated carbocycles. The lowest BCUT2D eigenvalue weighted by Crippen LogP contribution is -2.42. The van der Waals surface area contributed by atoms with E-state index in [9.17, 15) is 9.90 Å². The van der Waals surface area contributed by atoms with Crippen LogP contribution < -0.4 is 0 Å². The van der Waals surface area contributed by atoms with E-state index in [1.165, 1.54) is 10.9 Å². The Labute approximate surface area is 119 Å². The highest BCUT2D eigenvalue weighted by atomic mass is 35.5. The molecule has 3 rings (SSSR count). The number of aliphatic carboxylic acids is 1. The molecule has 104 valence electrons. The minimum absolute atomic E-state index is 0.253. The van der Waals surface area contributed by atoms with E-state index in [-0.39, 0.29) is 6.54 Å². The van der Waals surface area contributed by atoms with Gasteiger partial charge in [-0.15, -0.1) is 5.10 Å². The van der Waals surface area contributed by atoms with E-state index >= 15 is 0 Å². The third-order valence-corrected chi connectivity index (χ3v) is 4.06. The van der Waals surface area contributed by atoms with Gasteiger partial charge in [0.15, 0.2) is 5.82 Å². The molecule has 7 nitrogen and oxygen atoms in total. The normalized spacial score (nSPS) is 16.6. The number of aromatic nitrogens is 5. The van der Waals surface area contributed by atoms with E-state index in [2.05, 4.69) is 20.5 Å². The molecule has 0 amide bonds. The largest absolute Gasteiger partial charge is 0.481 e. The molecule has 2 heterocycles. The molecule has 1 aliphatic carbocycles. The number of pyridine rings is 1. The van der Waals surface area contributed by atoms with Gasteiger partial charge in [-0.3, -0.25) is 9.78 Å². The van der Waals surface area contributed by atoms with E-state index in [1.54, 1.807) is 12.3 Å². The third kappa shape index (κ3) is 2.03. The van der Waals surface area contributed by atoms with Crippen LogP contribution in [0.4, 0.5) is 0 Å². The Morgan fingerprint density at radius 3 is 2.90 bits per heavy atom. The number of halogens is 1. The van der Waals surface area contributed by atoms with Gasteiger partial charge in [0.05, 0.1) is 17.0 Å². The summed E-state index contributed by atoms with van der Waals surface area (Å²) in [6.07, 6.45) is 5.31. The molecule has 0 atom stereocenters. The molecule has 0 aliphatic heterocycles. The zero-order valence-corrected chi connectivity index (χ0v) is 11.3. The third-order valence-electron chi connectivity index (χ3n) is 3.76. The van der Waals surface area contributed by atoms with Crippen molar-refractivity contribution in [3.63, 3.8) is 0 Å². The average Bonchev–Trinajstić information content (AvgIpc) is 2.81. The van der Waals surface area contributed by atoms with Gasteiger partial charge in [0.25, 0.3) is 0 Å². The van der Waals surface area contributed by atoms with Gasteiger partial charge in [-0.1, -0.05) is 18.0 Å². The summed E-state index contributed by atoms with van der Waals surface area (Å²) in [5.41, 5.74) is -0.115. The second kappa shape index (κ2) is 4.82. The first-order chi connectivity index (χ1) is 9.62. The Morgan fingerprint density at radius 1 is 1.50 bits per heavy atom. The van der Waals surface area contributed by atoms with Crippen LogP contribution in [0, 0.1) is 5.41 Å². The molecule has 8 heteroatoms. The molecule has 0 saturated heterocycles. The van der Waals surface area contributed by atoms with Crippen LogP contribution in [0.25, 0.3) is 11.4 Å². The van der Waals surface area contributed by atoms with Crippen molar-refractivity contribution >= 4 is 17.6 Å². The number of hydrogen-bond donors (Lipinski definition) is 1. The van der Waals surface area contributed by atoms with Gasteiger partial charge >= 0.3 is 5.97 Å². The summed E-state index contributed by atoms with van der Waals surface area (Å²) in [6, 6.07) is 1.71. The van der Waals surface area contributed by atoms with E-state index in [1.807, 2.05) is 0 Å². The molecule has 1 fully saturated rings. The lowest BCUT2D eigenvalue weighted by atomic mass is 9.69. The summed E-state index contributed by atoms with van der Waals surface area (Å²) in [5.74, 6) is -0.337. The molecular weight excluding hydrogens is 282 g/mol. The van der Waals surface area contributed by atoms with Crippen LogP contribution in [0.15, 0.2) is 18.5 Å². The number of carboxylic acids is 1. The fourth-order valence-corrected chi connectivity index (χ4v) is 2.59. The summed E-state index contributed by atoms with van der Waals surface area (Å²) >= 11 is 6.08. The van der Waals surface area contributed by atoms with Crippen LogP contribution in [-0.2, 0) is 11.3 Å². The number of hydrogen-bond acceptors (Lipinski definition) is 5. The van der Waals surface area contributed by atoms with Gasteiger partial charge in [0, 0.05) is 18.0 Å². The van der Waals surface area contributed by atoms with E-state index < -0.39 is 11.4 Å². The van der Waals surface area contributed by atoms with Crippen molar-refractivity contribution in [3.05, 3.63) is 23.5 Å². The van der Waals surface area contributed by atoms with Crippen molar-refractivity contribution in [2.45, 2.75) is 25.8 Å². The van der Waals surface area contributed by atoms with Gasteiger partial charge in [-0.2, -0.15) is 0 Å². The standard InChI is InChI=1S/C12H12ClN5O2/c13-9-6-14-5-2-8(9)10-15-16-17-18(10)7-12(11(19)20)3-1-4-12/h2,5-6H,1,3-4,7H2,(H,19,20). The van der Waals surface area contributed by atoms with Crippen molar-refractivity contribution in [1.29, 1.82) is 0 Å². The van der Waals surface area contributed by atoms with E-state index in [0.29, 0.717) is 29.3 Å². The van der Waals surface area contributed by atoms with Crippen LogP contribution in [-0.4, -0.2) is 36.3 Å². The zero-order valence-electron chi connectivity index (χ0n) is 10.5. The van der Waals surface area contributed by atoms with Crippen LogP contribution in [0.5, 0.6) is 0 Å². The Bertz CT molecular complexity index is 653. The molecule has 0 spiro atoms. The minimum atomic E-state index is -0.800. The first kappa shape index (κ1) is 13.0. The molecule has 1 aliphatic rings. The fourth-order valence-electron chi connectivity index (χ4n) is 2.39. The maximum Gasteiger partial charge on any atom is 0.311 e. The molecular formula is C12H12ClN5O2. The number of carbonyl (C=O) groups is 1. The molecule has 20 heavy (non-hydrogen) atoms. The number of nitrogens with zero attached hydrogens (tertiary/aromatic N) is 5. The highest BCUT2D eigenvalue weighted by molar-refractivity contribution is 6.33. The van der Waals surface area contributed by atoms with Crippen molar-refractivity contribution in [1.82, 2.24) is 25.2 Å². The Balaban J connectivity index is 1.95. The zero-order chi connectivity index (χ0) is 14.2. The fraction of sp³-hybridized carbons (Fsp3) is 0.417. The van der Waals surface area contributed by atoms with Gasteiger partial charge in [-0.05, 0) is 29.3 Å². The average molecular weight is 294 g/mol. The predicted octanol–water partition coefficient (Wildman–Crippen LogP) is 1.64. The quantitative estimate of drug-likeness (QED) is 0.921. The van der Waals surface area contributed by atoms with E-state index in [4.69, 9.17) is 11.6 Å². The highest BCUT2D eigenvalue weighted by Crippen LogP contribution is 2.43. The van der Waals surface area contributed by atoms with Gasteiger partial charge in [0.2, 0.25) is 0 Å². The monoisotopic (exact) mass is 293 g/mol. The van der Waals surface area contributed by atoms with Gasteiger partial charge < -0.3 is 5.11 Å². The molecule has 1 N–H and O–H groups in total. The van der Waals surface area contributed by atoms with Crippen LogP contribution in [0.3, 0.4) is 0 Å². The number of carboxylic acid groups (broad SMARTS) is 1. The lowest BCUT2D eigenvalue weighted by molar-refractivity contribution is -0.156. The first-order valence-corrected chi connectivity index (χ1v) is 6.60.